The van der Waals surface area contributed by atoms with E-state index in [0.717, 1.165) is 6.42 Å². The molecule has 0 saturated carbocycles. The number of aryl methyl sites for hydroxylation is 3. The molecule has 0 aliphatic carbocycles. The van der Waals surface area contributed by atoms with Gasteiger partial charge in [0, 0.05) is 11.8 Å². The lowest BCUT2D eigenvalue weighted by atomic mass is 10.2. The minimum atomic E-state index is 1.07. The van der Waals surface area contributed by atoms with Crippen molar-refractivity contribution in [2.45, 2.75) is 20.3 Å². The van der Waals surface area contributed by atoms with Gasteiger partial charge in [0.2, 0.25) is 0 Å². The van der Waals surface area contributed by atoms with E-state index in [0.29, 0.717) is 0 Å². The van der Waals surface area contributed by atoms with Gasteiger partial charge in [-0.2, -0.15) is 0 Å². The number of pyridine rings is 1. The molecule has 0 saturated heterocycles. The molecule has 3 aromatic heterocycles. The van der Waals surface area contributed by atoms with Crippen molar-refractivity contribution in [1.29, 1.82) is 0 Å². The van der Waals surface area contributed by atoms with Crippen LogP contribution in [0.5, 0.6) is 0 Å². The van der Waals surface area contributed by atoms with Crippen LogP contribution in [0, 0.1) is 6.92 Å². The summed E-state index contributed by atoms with van der Waals surface area (Å²) in [5, 5.41) is 3.62. The Morgan fingerprint density at radius 3 is 3.00 bits per heavy atom. The number of fused-ring (bicyclic) bond motifs is 3. The van der Waals surface area contributed by atoms with Crippen LogP contribution in [-0.2, 0) is 13.5 Å². The molecule has 3 aromatic rings. The summed E-state index contributed by atoms with van der Waals surface area (Å²) in [4.78, 5) is 0. The fourth-order valence-electron chi connectivity index (χ4n) is 2.32. The van der Waals surface area contributed by atoms with Crippen LogP contribution in [0.1, 0.15) is 18.2 Å². The van der Waals surface area contributed by atoms with Gasteiger partial charge in [0.25, 0.3) is 0 Å². The second-order valence-corrected chi connectivity index (χ2v) is 5.12. The van der Waals surface area contributed by atoms with Gasteiger partial charge >= 0.3 is 5.65 Å². The predicted octanol–water partition coefficient (Wildman–Crippen LogP) is 2.85. The molecule has 3 heteroatoms. The zero-order valence-corrected chi connectivity index (χ0v) is 10.6. The quantitative estimate of drug-likeness (QED) is 0.570. The lowest BCUT2D eigenvalue weighted by molar-refractivity contribution is -0.509. The monoisotopic (exact) mass is 231 g/mol. The molecule has 0 spiro atoms. The van der Waals surface area contributed by atoms with E-state index in [1.807, 2.05) is 11.3 Å². The Balaban J connectivity index is 2.54. The Morgan fingerprint density at radius 2 is 2.25 bits per heavy atom. The Kier molecular flexibility index (Phi) is 2.04. The second kappa shape index (κ2) is 3.32. The first-order valence-electron chi connectivity index (χ1n) is 5.58. The molecule has 0 unspecified atom stereocenters. The Bertz CT molecular complexity index is 676. The minimum Gasteiger partial charge on any atom is -0.229 e. The molecule has 3 rings (SSSR count). The smallest absolute Gasteiger partial charge is 0.229 e. The van der Waals surface area contributed by atoms with Crippen molar-refractivity contribution in [1.82, 2.24) is 4.57 Å². The molecular weight excluding hydrogens is 216 g/mol. The second-order valence-electron chi connectivity index (χ2n) is 4.24. The van der Waals surface area contributed by atoms with Gasteiger partial charge in [0.1, 0.15) is 16.6 Å². The van der Waals surface area contributed by atoms with Crippen molar-refractivity contribution in [3.8, 4) is 0 Å². The maximum absolute atomic E-state index is 2.30. The van der Waals surface area contributed by atoms with Crippen molar-refractivity contribution in [2.75, 3.05) is 0 Å². The van der Waals surface area contributed by atoms with Gasteiger partial charge in [0.05, 0.1) is 13.2 Å². The van der Waals surface area contributed by atoms with Crippen molar-refractivity contribution in [2.24, 2.45) is 7.05 Å². The first-order chi connectivity index (χ1) is 7.72. The van der Waals surface area contributed by atoms with E-state index in [9.17, 15) is 0 Å². The normalized spacial score (nSPS) is 11.7. The van der Waals surface area contributed by atoms with E-state index in [2.05, 4.69) is 53.7 Å². The highest BCUT2D eigenvalue weighted by Gasteiger charge is 2.17. The summed E-state index contributed by atoms with van der Waals surface area (Å²) in [6, 6.07) is 2.22. The lowest BCUT2D eigenvalue weighted by Crippen LogP contribution is -2.17. The molecule has 3 heterocycles. The van der Waals surface area contributed by atoms with Gasteiger partial charge in [-0.3, -0.25) is 0 Å². The van der Waals surface area contributed by atoms with E-state index in [-0.39, 0.29) is 0 Å². The molecule has 16 heavy (non-hydrogen) atoms. The molecule has 0 amide bonds. The predicted molar refractivity (Wildman–Crippen MR) is 68.1 cm³/mol. The van der Waals surface area contributed by atoms with Crippen LogP contribution in [0.4, 0.5) is 0 Å². The van der Waals surface area contributed by atoms with Gasteiger partial charge in [-0.1, -0.05) is 6.92 Å². The van der Waals surface area contributed by atoms with E-state index < -0.39 is 0 Å². The highest BCUT2D eigenvalue weighted by atomic mass is 32.1. The molecule has 0 aliphatic rings. The summed E-state index contributed by atoms with van der Waals surface area (Å²) in [6.45, 7) is 4.38. The largest absolute Gasteiger partial charge is 0.304 e. The molecule has 0 N–H and O–H groups in total. The van der Waals surface area contributed by atoms with E-state index in [4.69, 9.17) is 0 Å². The minimum absolute atomic E-state index is 1.07. The highest BCUT2D eigenvalue weighted by molar-refractivity contribution is 7.18. The third-order valence-corrected chi connectivity index (χ3v) is 4.38. The summed E-state index contributed by atoms with van der Waals surface area (Å²) in [5.41, 5.74) is 4.06. The molecule has 0 atom stereocenters. The van der Waals surface area contributed by atoms with Crippen LogP contribution >= 0.6 is 11.3 Å². The number of aromatic nitrogens is 2. The molecule has 0 radical (unpaired) electrons. The van der Waals surface area contributed by atoms with Crippen LogP contribution in [0.2, 0.25) is 0 Å². The van der Waals surface area contributed by atoms with Gasteiger partial charge in [-0.15, -0.1) is 11.3 Å². The first-order valence-corrected chi connectivity index (χ1v) is 6.46. The van der Waals surface area contributed by atoms with E-state index >= 15 is 0 Å². The fraction of sp³-hybridized carbons (Fsp3) is 0.308. The summed E-state index contributed by atoms with van der Waals surface area (Å²) in [7, 11) is 2.16. The van der Waals surface area contributed by atoms with Gasteiger partial charge in [0.15, 0.2) is 0 Å². The summed E-state index contributed by atoms with van der Waals surface area (Å²) in [6.07, 6.45) is 5.46. The standard InChI is InChI=1S/C13H15N2S/c1-4-10-7-15-6-5-11-9(2)8-16-12(11)13(15)14(10)3/h5-8H,4H2,1-3H3/q+1. The Hall–Kier alpha value is -1.35. The summed E-state index contributed by atoms with van der Waals surface area (Å²) >= 11 is 1.84. The molecule has 0 bridgehead atoms. The van der Waals surface area contributed by atoms with E-state index in [1.165, 1.54) is 27.0 Å². The lowest BCUT2D eigenvalue weighted by Gasteiger charge is -1.93. The zero-order valence-electron chi connectivity index (χ0n) is 9.82. The Morgan fingerprint density at radius 1 is 1.44 bits per heavy atom. The number of rotatable bonds is 1. The molecular formula is C13H15N2S+. The third kappa shape index (κ3) is 1.15. The third-order valence-electron chi connectivity index (χ3n) is 3.27. The molecule has 0 aliphatic heterocycles. The number of thiophene rings is 1. The van der Waals surface area contributed by atoms with Crippen LogP contribution in [0.25, 0.3) is 15.7 Å². The zero-order chi connectivity index (χ0) is 11.3. The van der Waals surface area contributed by atoms with Crippen molar-refractivity contribution < 1.29 is 4.40 Å². The maximum atomic E-state index is 2.30. The van der Waals surface area contributed by atoms with Crippen molar-refractivity contribution >= 4 is 27.1 Å². The Labute approximate surface area is 98.8 Å². The SMILES string of the molecule is CCc1c[n+]2ccc3c(C)csc3c2n1C. The maximum Gasteiger partial charge on any atom is 0.304 e. The molecule has 2 nitrogen and oxygen atoms in total. The number of nitrogens with zero attached hydrogens (tertiary/aromatic N) is 2. The summed E-state index contributed by atoms with van der Waals surface area (Å²) < 4.78 is 5.93. The average Bonchev–Trinajstić information content (AvgIpc) is 2.81. The summed E-state index contributed by atoms with van der Waals surface area (Å²) in [5.74, 6) is 0. The first kappa shape index (κ1) is 9.85. The van der Waals surface area contributed by atoms with Crippen LogP contribution in [-0.4, -0.2) is 4.57 Å². The van der Waals surface area contributed by atoms with Crippen LogP contribution in [0.15, 0.2) is 23.8 Å². The number of hydrogen-bond donors (Lipinski definition) is 0. The van der Waals surface area contributed by atoms with Crippen molar-refractivity contribution in [3.63, 3.8) is 0 Å². The number of hydrogen-bond acceptors (Lipinski definition) is 1. The molecule has 0 fully saturated rings. The van der Waals surface area contributed by atoms with Crippen molar-refractivity contribution in [3.05, 3.63) is 35.1 Å². The number of imidazole rings is 1. The highest BCUT2D eigenvalue weighted by Crippen LogP contribution is 2.27. The topological polar surface area (TPSA) is 9.03 Å². The van der Waals surface area contributed by atoms with Gasteiger partial charge in [-0.25, -0.2) is 8.97 Å². The van der Waals surface area contributed by atoms with Gasteiger partial charge in [-0.05, 0) is 23.9 Å². The van der Waals surface area contributed by atoms with Crippen LogP contribution in [0.3, 0.4) is 0 Å². The molecule has 0 aromatic carbocycles. The molecule has 82 valence electrons. The fourth-order valence-corrected chi connectivity index (χ4v) is 3.44. The van der Waals surface area contributed by atoms with E-state index in [1.54, 1.807) is 0 Å². The average molecular weight is 231 g/mol. The van der Waals surface area contributed by atoms with Crippen LogP contribution < -0.4 is 4.40 Å². The van der Waals surface area contributed by atoms with Gasteiger partial charge < -0.3 is 0 Å².